The van der Waals surface area contributed by atoms with E-state index in [0.29, 0.717) is 0 Å². The van der Waals surface area contributed by atoms with E-state index in [0.717, 1.165) is 18.2 Å². The van der Waals surface area contributed by atoms with Crippen molar-refractivity contribution in [2.24, 2.45) is 0 Å². The molecule has 0 heterocycles. The lowest BCUT2D eigenvalue weighted by atomic mass is 10.1. The van der Waals surface area contributed by atoms with Gasteiger partial charge in [0.25, 0.3) is 5.91 Å². The van der Waals surface area contributed by atoms with Crippen LogP contribution in [-0.2, 0) is 4.84 Å². The molecule has 2 rings (SSSR count). The van der Waals surface area contributed by atoms with Crippen LogP contribution in [-0.4, -0.2) is 24.2 Å². The van der Waals surface area contributed by atoms with E-state index in [9.17, 15) is 18.0 Å². The van der Waals surface area contributed by atoms with Gasteiger partial charge in [0, 0.05) is 11.1 Å². The number of rotatable bonds is 7. The number of nitrogens with one attached hydrogen (secondary N) is 2. The zero-order chi connectivity index (χ0) is 20.0. The standard InChI is InChI=1S/C19H15F3N2O3/c1-3-11-5-6-15(14(20)9-11)23-18-13(19(26)24-27-8-7-25)10-12(4-2)16(21)17(18)22/h1,4-6,9-10,23,25H,2,7-8H2,(H,24,26). The molecule has 2 aromatic rings. The number of anilines is 2. The molecule has 0 aliphatic heterocycles. The van der Waals surface area contributed by atoms with Crippen molar-refractivity contribution >= 4 is 23.4 Å². The van der Waals surface area contributed by atoms with E-state index in [1.807, 2.05) is 5.48 Å². The highest BCUT2D eigenvalue weighted by atomic mass is 19.2. The number of hydrogen-bond acceptors (Lipinski definition) is 4. The van der Waals surface area contributed by atoms with Gasteiger partial charge in [0.1, 0.15) is 5.82 Å². The first-order valence-corrected chi connectivity index (χ1v) is 7.63. The van der Waals surface area contributed by atoms with E-state index in [1.165, 1.54) is 12.1 Å². The number of carbonyl (C=O) groups excluding carboxylic acids is 1. The van der Waals surface area contributed by atoms with Crippen molar-refractivity contribution in [2.45, 2.75) is 0 Å². The Hall–Kier alpha value is -3.28. The van der Waals surface area contributed by atoms with E-state index < -0.39 is 29.0 Å². The topological polar surface area (TPSA) is 70.6 Å². The Labute approximate surface area is 153 Å². The first-order chi connectivity index (χ1) is 12.9. The summed E-state index contributed by atoms with van der Waals surface area (Å²) in [7, 11) is 0. The summed E-state index contributed by atoms with van der Waals surface area (Å²) in [5, 5.41) is 11.0. The third-order valence-electron chi connectivity index (χ3n) is 3.45. The van der Waals surface area contributed by atoms with Crippen LogP contribution in [0.15, 0.2) is 30.8 Å². The molecule has 0 aliphatic carbocycles. The van der Waals surface area contributed by atoms with Gasteiger partial charge in [-0.05, 0) is 24.3 Å². The van der Waals surface area contributed by atoms with Gasteiger partial charge in [-0.3, -0.25) is 9.63 Å². The molecule has 0 bridgehead atoms. The maximum atomic E-state index is 14.5. The average Bonchev–Trinajstić information content (AvgIpc) is 2.67. The lowest BCUT2D eigenvalue weighted by Gasteiger charge is -2.15. The molecule has 0 fully saturated rings. The molecule has 5 nitrogen and oxygen atoms in total. The summed E-state index contributed by atoms with van der Waals surface area (Å²) in [5.41, 5.74) is 0.777. The Kier molecular flexibility index (Phi) is 6.60. The Morgan fingerprint density at radius 1 is 1.30 bits per heavy atom. The average molecular weight is 376 g/mol. The summed E-state index contributed by atoms with van der Waals surface area (Å²) in [6.07, 6.45) is 6.20. The Bertz CT molecular complexity index is 923. The molecule has 1 amide bonds. The maximum Gasteiger partial charge on any atom is 0.277 e. The van der Waals surface area contributed by atoms with Gasteiger partial charge in [0.05, 0.1) is 30.2 Å². The molecule has 0 saturated carbocycles. The fourth-order valence-corrected chi connectivity index (χ4v) is 2.15. The van der Waals surface area contributed by atoms with E-state index >= 15 is 0 Å². The van der Waals surface area contributed by atoms with Crippen LogP contribution in [0.5, 0.6) is 0 Å². The molecule has 140 valence electrons. The molecular formula is C19H15F3N2O3. The molecule has 0 spiro atoms. The second-order valence-electron chi connectivity index (χ2n) is 5.19. The molecule has 0 saturated heterocycles. The number of terminal acetylenes is 1. The largest absolute Gasteiger partial charge is 0.394 e. The van der Waals surface area contributed by atoms with E-state index in [-0.39, 0.29) is 35.6 Å². The van der Waals surface area contributed by atoms with Crippen LogP contribution in [0.2, 0.25) is 0 Å². The summed E-state index contributed by atoms with van der Waals surface area (Å²) in [5.74, 6) is -2.18. The number of hydrogen-bond donors (Lipinski definition) is 3. The van der Waals surface area contributed by atoms with Crippen molar-refractivity contribution in [3.63, 3.8) is 0 Å². The van der Waals surface area contributed by atoms with Crippen LogP contribution >= 0.6 is 0 Å². The van der Waals surface area contributed by atoms with Crippen molar-refractivity contribution < 1.29 is 27.9 Å². The third kappa shape index (κ3) is 4.47. The van der Waals surface area contributed by atoms with E-state index in [2.05, 4.69) is 22.7 Å². The molecule has 8 heteroatoms. The molecule has 0 aliphatic rings. The van der Waals surface area contributed by atoms with Crippen LogP contribution < -0.4 is 10.8 Å². The van der Waals surface area contributed by atoms with Crippen molar-refractivity contribution in [2.75, 3.05) is 18.5 Å². The number of amides is 1. The molecular weight excluding hydrogens is 361 g/mol. The number of carbonyl (C=O) groups is 1. The van der Waals surface area contributed by atoms with E-state index in [1.54, 1.807) is 0 Å². The predicted molar refractivity (Wildman–Crippen MR) is 94.6 cm³/mol. The lowest BCUT2D eigenvalue weighted by Crippen LogP contribution is -2.26. The summed E-state index contributed by atoms with van der Waals surface area (Å²) in [4.78, 5) is 16.9. The minimum absolute atomic E-state index is 0.214. The van der Waals surface area contributed by atoms with E-state index in [4.69, 9.17) is 11.5 Å². The summed E-state index contributed by atoms with van der Waals surface area (Å²) >= 11 is 0. The number of aliphatic hydroxyl groups is 1. The highest BCUT2D eigenvalue weighted by Crippen LogP contribution is 2.30. The lowest BCUT2D eigenvalue weighted by molar-refractivity contribution is 0.0168. The minimum Gasteiger partial charge on any atom is -0.394 e. The Morgan fingerprint density at radius 3 is 2.63 bits per heavy atom. The fourth-order valence-electron chi connectivity index (χ4n) is 2.15. The van der Waals surface area contributed by atoms with Crippen LogP contribution in [0.25, 0.3) is 6.08 Å². The summed E-state index contributed by atoms with van der Waals surface area (Å²) in [6, 6.07) is 4.67. The van der Waals surface area contributed by atoms with Crippen molar-refractivity contribution in [1.29, 1.82) is 0 Å². The Balaban J connectivity index is 2.50. The van der Waals surface area contributed by atoms with Crippen LogP contribution in [0.4, 0.5) is 24.5 Å². The normalized spacial score (nSPS) is 10.2. The van der Waals surface area contributed by atoms with Gasteiger partial charge in [0.2, 0.25) is 0 Å². The highest BCUT2D eigenvalue weighted by Gasteiger charge is 2.23. The smallest absolute Gasteiger partial charge is 0.277 e. The van der Waals surface area contributed by atoms with Gasteiger partial charge < -0.3 is 10.4 Å². The highest BCUT2D eigenvalue weighted by molar-refractivity contribution is 6.00. The summed E-state index contributed by atoms with van der Waals surface area (Å²) < 4.78 is 42.8. The summed E-state index contributed by atoms with van der Waals surface area (Å²) in [6.45, 7) is 2.77. The third-order valence-corrected chi connectivity index (χ3v) is 3.45. The van der Waals surface area contributed by atoms with Gasteiger partial charge in [0.15, 0.2) is 11.6 Å². The molecule has 0 aromatic heterocycles. The Morgan fingerprint density at radius 2 is 2.04 bits per heavy atom. The first kappa shape index (κ1) is 20.0. The second-order valence-corrected chi connectivity index (χ2v) is 5.19. The van der Waals surface area contributed by atoms with Crippen LogP contribution in [0, 0.1) is 29.8 Å². The molecule has 0 radical (unpaired) electrons. The van der Waals surface area contributed by atoms with Gasteiger partial charge in [-0.25, -0.2) is 18.7 Å². The van der Waals surface area contributed by atoms with Gasteiger partial charge in [-0.2, -0.15) is 0 Å². The predicted octanol–water partition coefficient (Wildman–Crippen LogP) is 3.13. The van der Waals surface area contributed by atoms with Gasteiger partial charge >= 0.3 is 0 Å². The van der Waals surface area contributed by atoms with Crippen molar-refractivity contribution in [3.05, 3.63) is 65.0 Å². The molecule has 3 N–H and O–H groups in total. The molecule has 0 unspecified atom stereocenters. The monoisotopic (exact) mass is 376 g/mol. The zero-order valence-electron chi connectivity index (χ0n) is 14.0. The second kappa shape index (κ2) is 8.89. The number of benzene rings is 2. The van der Waals surface area contributed by atoms with Crippen molar-refractivity contribution in [1.82, 2.24) is 5.48 Å². The van der Waals surface area contributed by atoms with Gasteiger partial charge in [-0.1, -0.05) is 18.6 Å². The SMILES string of the molecule is C#Cc1ccc(Nc2c(C(=O)NOCCO)cc(C=C)c(F)c2F)c(F)c1. The number of hydroxylamine groups is 1. The maximum absolute atomic E-state index is 14.5. The zero-order valence-corrected chi connectivity index (χ0v) is 14.0. The van der Waals surface area contributed by atoms with Crippen molar-refractivity contribution in [3.8, 4) is 12.3 Å². The number of halogens is 3. The van der Waals surface area contributed by atoms with Crippen LogP contribution in [0.3, 0.4) is 0 Å². The number of aliphatic hydroxyl groups excluding tert-OH is 1. The molecule has 0 atom stereocenters. The fraction of sp³-hybridized carbons (Fsp3) is 0.105. The quantitative estimate of drug-likeness (QED) is 0.395. The molecule has 27 heavy (non-hydrogen) atoms. The molecule has 2 aromatic carbocycles. The van der Waals surface area contributed by atoms with Crippen LogP contribution in [0.1, 0.15) is 21.5 Å². The van der Waals surface area contributed by atoms with Gasteiger partial charge in [-0.15, -0.1) is 6.42 Å². The minimum atomic E-state index is -1.40. The first-order valence-electron chi connectivity index (χ1n) is 7.63.